The van der Waals surface area contributed by atoms with E-state index in [2.05, 4.69) is 13.8 Å². The summed E-state index contributed by atoms with van der Waals surface area (Å²) in [7, 11) is -1.24. The van der Waals surface area contributed by atoms with Crippen LogP contribution in [-0.2, 0) is 4.52 Å². The molecule has 0 aliphatic carbocycles. The molecule has 0 spiro atoms. The molecule has 1 atom stereocenters. The summed E-state index contributed by atoms with van der Waals surface area (Å²) in [5, 5.41) is 0. The summed E-state index contributed by atoms with van der Waals surface area (Å²) in [6.07, 6.45) is 27.1. The van der Waals surface area contributed by atoms with Crippen LogP contribution in [-0.4, -0.2) is 17.3 Å². The molecule has 1 unspecified atom stereocenters. The monoisotopic (exact) mass is 434 g/mol. The lowest BCUT2D eigenvalue weighted by Crippen LogP contribution is -1.90. The van der Waals surface area contributed by atoms with Gasteiger partial charge in [0.15, 0.2) is 0 Å². The van der Waals surface area contributed by atoms with Crippen LogP contribution in [0.4, 0.5) is 0 Å². The lowest BCUT2D eigenvalue weighted by Gasteiger charge is -2.10. The van der Waals surface area contributed by atoms with Crippen molar-refractivity contribution in [2.75, 3.05) is 12.4 Å². The maximum atomic E-state index is 9.94. The number of hydrogen-bond acceptors (Lipinski definition) is 3. The molecule has 0 aliphatic rings. The molecule has 0 heterocycles. The van der Waals surface area contributed by atoms with Gasteiger partial charge in [-0.3, -0.25) is 0 Å². The third-order valence-electron chi connectivity index (χ3n) is 5.40. The minimum atomic E-state index is -1.24. The van der Waals surface area contributed by atoms with E-state index < -0.39 is 7.58 Å². The van der Waals surface area contributed by atoms with Crippen LogP contribution < -0.4 is 0 Å². The molecule has 0 amide bonds. The van der Waals surface area contributed by atoms with E-state index >= 15 is 0 Å². The molecular formula is C24H51O2PS. The quantitative estimate of drug-likeness (QED) is 0.121. The van der Waals surface area contributed by atoms with Gasteiger partial charge in [-0.1, -0.05) is 141 Å². The zero-order valence-corrected chi connectivity index (χ0v) is 21.0. The Hall–Kier alpha value is 0.700. The fourth-order valence-electron chi connectivity index (χ4n) is 3.50. The first-order valence-electron chi connectivity index (χ1n) is 12.6. The molecule has 4 heteroatoms. The Morgan fingerprint density at radius 1 is 0.536 bits per heavy atom. The van der Waals surface area contributed by atoms with Crippen molar-refractivity contribution in [3.05, 3.63) is 0 Å². The summed E-state index contributed by atoms with van der Waals surface area (Å²) < 4.78 is 5.59. The fourth-order valence-corrected chi connectivity index (χ4v) is 5.65. The van der Waals surface area contributed by atoms with Crippen molar-refractivity contribution in [3.8, 4) is 0 Å². The van der Waals surface area contributed by atoms with Crippen LogP contribution in [0, 0.1) is 0 Å². The SMILES string of the molecule is CCCCCCCCCCCCOP(O)SCCCCCCCCCCCC. The molecule has 0 aromatic carbocycles. The van der Waals surface area contributed by atoms with Crippen molar-refractivity contribution in [1.29, 1.82) is 0 Å². The lowest BCUT2D eigenvalue weighted by atomic mass is 10.1. The first-order chi connectivity index (χ1) is 13.8. The van der Waals surface area contributed by atoms with Crippen molar-refractivity contribution in [1.82, 2.24) is 0 Å². The molecule has 0 rings (SSSR count). The van der Waals surface area contributed by atoms with Gasteiger partial charge in [0.2, 0.25) is 7.58 Å². The molecule has 1 N–H and O–H groups in total. The van der Waals surface area contributed by atoms with Gasteiger partial charge in [0, 0.05) is 5.75 Å². The Kier molecular flexibility index (Phi) is 26.4. The van der Waals surface area contributed by atoms with Crippen LogP contribution in [0.1, 0.15) is 142 Å². The predicted octanol–water partition coefficient (Wildman–Crippen LogP) is 9.80. The van der Waals surface area contributed by atoms with Crippen molar-refractivity contribution >= 4 is 19.0 Å². The molecule has 0 bridgehead atoms. The minimum Gasteiger partial charge on any atom is -0.342 e. The van der Waals surface area contributed by atoms with E-state index in [0.717, 1.165) is 18.8 Å². The minimum absolute atomic E-state index is 0.740. The first kappa shape index (κ1) is 28.7. The van der Waals surface area contributed by atoms with E-state index in [4.69, 9.17) is 4.52 Å². The highest BCUT2D eigenvalue weighted by atomic mass is 32.7. The van der Waals surface area contributed by atoms with Crippen molar-refractivity contribution < 1.29 is 9.42 Å². The number of unbranched alkanes of at least 4 members (excludes halogenated alkanes) is 18. The third kappa shape index (κ3) is 24.7. The average Bonchev–Trinajstić information content (AvgIpc) is 2.70. The van der Waals surface area contributed by atoms with Gasteiger partial charge in [-0.05, 0) is 12.8 Å². The highest BCUT2D eigenvalue weighted by molar-refractivity contribution is 8.52. The van der Waals surface area contributed by atoms with Gasteiger partial charge in [0.1, 0.15) is 0 Å². The second kappa shape index (κ2) is 25.7. The summed E-state index contributed by atoms with van der Waals surface area (Å²) in [4.78, 5) is 9.94. The van der Waals surface area contributed by atoms with Crippen molar-refractivity contribution in [2.24, 2.45) is 0 Å². The van der Waals surface area contributed by atoms with Gasteiger partial charge in [-0.2, -0.15) is 0 Å². The van der Waals surface area contributed by atoms with Gasteiger partial charge >= 0.3 is 0 Å². The van der Waals surface area contributed by atoms with Crippen LogP contribution in [0.2, 0.25) is 0 Å². The Morgan fingerprint density at radius 2 is 0.893 bits per heavy atom. The maximum absolute atomic E-state index is 9.94. The van der Waals surface area contributed by atoms with Crippen molar-refractivity contribution in [2.45, 2.75) is 142 Å². The second-order valence-electron chi connectivity index (χ2n) is 8.27. The molecule has 0 radical (unpaired) electrons. The molecule has 28 heavy (non-hydrogen) atoms. The summed E-state index contributed by atoms with van der Waals surface area (Å²) in [6, 6.07) is 0. The lowest BCUT2D eigenvalue weighted by molar-refractivity contribution is 0.309. The molecule has 170 valence electrons. The maximum Gasteiger partial charge on any atom is 0.235 e. The van der Waals surface area contributed by atoms with Crippen LogP contribution in [0.3, 0.4) is 0 Å². The summed E-state index contributed by atoms with van der Waals surface area (Å²) in [5.41, 5.74) is 0. The van der Waals surface area contributed by atoms with E-state index in [1.54, 1.807) is 11.4 Å². The Morgan fingerprint density at radius 3 is 1.32 bits per heavy atom. The molecule has 0 aromatic heterocycles. The Balaban J connectivity index is 3.12. The van der Waals surface area contributed by atoms with E-state index in [0.29, 0.717) is 0 Å². The van der Waals surface area contributed by atoms with Crippen LogP contribution in [0.25, 0.3) is 0 Å². The van der Waals surface area contributed by atoms with E-state index in [1.807, 2.05) is 0 Å². The summed E-state index contributed by atoms with van der Waals surface area (Å²) in [6.45, 7) is 5.29. The standard InChI is InChI=1S/C24H51O2PS/c1-3-5-7-9-11-13-15-17-19-21-23-26-27(25)28-24-22-20-18-16-14-12-10-8-6-4-2/h25H,3-24H2,1-2H3. The van der Waals surface area contributed by atoms with Crippen LogP contribution in [0.5, 0.6) is 0 Å². The third-order valence-corrected chi connectivity index (χ3v) is 8.02. The second-order valence-corrected chi connectivity index (χ2v) is 11.4. The van der Waals surface area contributed by atoms with E-state index in [1.165, 1.54) is 122 Å². The zero-order chi connectivity index (χ0) is 20.5. The van der Waals surface area contributed by atoms with E-state index in [9.17, 15) is 4.89 Å². The largest absolute Gasteiger partial charge is 0.342 e. The van der Waals surface area contributed by atoms with Gasteiger partial charge in [-0.25, -0.2) is 0 Å². The summed E-state index contributed by atoms with van der Waals surface area (Å²) >= 11 is 1.63. The Labute approximate surface area is 183 Å². The van der Waals surface area contributed by atoms with Gasteiger partial charge in [-0.15, -0.1) is 0 Å². The van der Waals surface area contributed by atoms with E-state index in [-0.39, 0.29) is 0 Å². The normalized spacial score (nSPS) is 12.5. The molecule has 0 aliphatic heterocycles. The topological polar surface area (TPSA) is 29.5 Å². The van der Waals surface area contributed by atoms with Crippen LogP contribution >= 0.6 is 19.0 Å². The highest BCUT2D eigenvalue weighted by Crippen LogP contribution is 2.47. The highest BCUT2D eigenvalue weighted by Gasteiger charge is 2.05. The van der Waals surface area contributed by atoms with Gasteiger partial charge in [0.25, 0.3) is 0 Å². The Bertz CT molecular complexity index is 253. The zero-order valence-electron chi connectivity index (χ0n) is 19.3. The molecule has 0 saturated carbocycles. The van der Waals surface area contributed by atoms with Crippen molar-refractivity contribution in [3.63, 3.8) is 0 Å². The van der Waals surface area contributed by atoms with Gasteiger partial charge in [0.05, 0.1) is 6.61 Å². The molecule has 0 saturated heterocycles. The smallest absolute Gasteiger partial charge is 0.235 e. The average molecular weight is 435 g/mol. The molecular weight excluding hydrogens is 383 g/mol. The number of hydrogen-bond donors (Lipinski definition) is 1. The van der Waals surface area contributed by atoms with Crippen LogP contribution in [0.15, 0.2) is 0 Å². The summed E-state index contributed by atoms with van der Waals surface area (Å²) in [5.74, 6) is 1.05. The molecule has 2 nitrogen and oxygen atoms in total. The molecule has 0 fully saturated rings. The fraction of sp³-hybridized carbons (Fsp3) is 1.00. The first-order valence-corrected chi connectivity index (χ1v) is 15.4. The number of rotatable bonds is 24. The predicted molar refractivity (Wildman–Crippen MR) is 131 cm³/mol. The molecule has 0 aromatic rings. The van der Waals surface area contributed by atoms with Gasteiger partial charge < -0.3 is 9.42 Å².